The highest BCUT2D eigenvalue weighted by atomic mass is 79.9. The standard InChI is InChI=1S/C15H24BrN/c1-11(2)15(4,5)10-17-12(3)13-8-6-7-9-14(13)16/h6-9,11-12,17H,10H2,1-5H3. The van der Waals surface area contributed by atoms with Gasteiger partial charge in [-0.25, -0.2) is 0 Å². The summed E-state index contributed by atoms with van der Waals surface area (Å²) in [5, 5.41) is 3.63. The summed E-state index contributed by atoms with van der Waals surface area (Å²) in [7, 11) is 0. The number of hydrogen-bond acceptors (Lipinski definition) is 1. The molecule has 0 aliphatic rings. The molecule has 0 amide bonds. The van der Waals surface area contributed by atoms with Crippen molar-refractivity contribution in [2.24, 2.45) is 11.3 Å². The zero-order valence-corrected chi connectivity index (χ0v) is 13.1. The van der Waals surface area contributed by atoms with E-state index < -0.39 is 0 Å². The summed E-state index contributed by atoms with van der Waals surface area (Å²) < 4.78 is 1.18. The van der Waals surface area contributed by atoms with Crippen molar-refractivity contribution in [1.29, 1.82) is 0 Å². The zero-order chi connectivity index (χ0) is 13.1. The summed E-state index contributed by atoms with van der Waals surface area (Å²) in [5.41, 5.74) is 1.65. The quantitative estimate of drug-likeness (QED) is 0.824. The van der Waals surface area contributed by atoms with Crippen molar-refractivity contribution in [3.8, 4) is 0 Å². The molecule has 0 radical (unpaired) electrons. The molecule has 1 aromatic carbocycles. The van der Waals surface area contributed by atoms with E-state index in [0.29, 0.717) is 17.4 Å². The van der Waals surface area contributed by atoms with Crippen LogP contribution >= 0.6 is 15.9 Å². The third-order valence-electron chi connectivity index (χ3n) is 3.80. The van der Waals surface area contributed by atoms with Crippen molar-refractivity contribution in [2.75, 3.05) is 6.54 Å². The Hall–Kier alpha value is -0.340. The summed E-state index contributed by atoms with van der Waals surface area (Å²) in [6, 6.07) is 8.79. The molecule has 1 N–H and O–H groups in total. The fraction of sp³-hybridized carbons (Fsp3) is 0.600. The minimum absolute atomic E-state index is 0.329. The molecule has 0 aromatic heterocycles. The van der Waals surface area contributed by atoms with Gasteiger partial charge < -0.3 is 5.32 Å². The van der Waals surface area contributed by atoms with Crippen LogP contribution in [0.3, 0.4) is 0 Å². The smallest absolute Gasteiger partial charge is 0.0303 e. The van der Waals surface area contributed by atoms with Gasteiger partial charge in [0.05, 0.1) is 0 Å². The first-order valence-electron chi connectivity index (χ1n) is 6.32. The Kier molecular flexibility index (Phi) is 5.21. The SMILES string of the molecule is CC(NCC(C)(C)C(C)C)c1ccccc1Br. The average molecular weight is 298 g/mol. The minimum Gasteiger partial charge on any atom is -0.310 e. The van der Waals surface area contributed by atoms with Gasteiger partial charge in [0.15, 0.2) is 0 Å². The second-order valence-electron chi connectivity index (χ2n) is 5.77. The fourth-order valence-corrected chi connectivity index (χ4v) is 2.18. The van der Waals surface area contributed by atoms with E-state index in [-0.39, 0.29) is 0 Å². The van der Waals surface area contributed by atoms with E-state index >= 15 is 0 Å². The molecule has 0 bridgehead atoms. The van der Waals surface area contributed by atoms with Gasteiger partial charge in [-0.05, 0) is 29.9 Å². The van der Waals surface area contributed by atoms with Gasteiger partial charge in [-0.3, -0.25) is 0 Å². The topological polar surface area (TPSA) is 12.0 Å². The third-order valence-corrected chi connectivity index (χ3v) is 4.52. The molecule has 1 atom stereocenters. The van der Waals surface area contributed by atoms with Crippen LogP contribution < -0.4 is 5.32 Å². The highest BCUT2D eigenvalue weighted by Crippen LogP contribution is 2.27. The number of rotatable bonds is 5. The lowest BCUT2D eigenvalue weighted by Gasteiger charge is -2.31. The fourth-order valence-electron chi connectivity index (χ4n) is 1.56. The van der Waals surface area contributed by atoms with Crippen LogP contribution in [0.4, 0.5) is 0 Å². The van der Waals surface area contributed by atoms with Gasteiger partial charge in [0, 0.05) is 17.1 Å². The summed E-state index contributed by atoms with van der Waals surface area (Å²) in [6.45, 7) is 12.5. The maximum absolute atomic E-state index is 3.63. The van der Waals surface area contributed by atoms with Crippen LogP contribution in [0.15, 0.2) is 28.7 Å². The van der Waals surface area contributed by atoms with Crippen molar-refractivity contribution in [3.63, 3.8) is 0 Å². The Balaban J connectivity index is 2.62. The predicted octanol–water partition coefficient (Wildman–Crippen LogP) is 4.78. The lowest BCUT2D eigenvalue weighted by Crippen LogP contribution is -2.34. The normalized spacial score (nSPS) is 14.1. The van der Waals surface area contributed by atoms with Crippen LogP contribution in [0.1, 0.15) is 46.2 Å². The van der Waals surface area contributed by atoms with Crippen molar-refractivity contribution in [2.45, 2.75) is 40.7 Å². The van der Waals surface area contributed by atoms with Crippen LogP contribution in [-0.2, 0) is 0 Å². The molecule has 1 aromatic rings. The van der Waals surface area contributed by atoms with Crippen LogP contribution in [-0.4, -0.2) is 6.54 Å². The van der Waals surface area contributed by atoms with Gasteiger partial charge in [0.25, 0.3) is 0 Å². The first kappa shape index (κ1) is 14.7. The molecule has 0 aliphatic heterocycles. The van der Waals surface area contributed by atoms with E-state index in [1.165, 1.54) is 10.0 Å². The van der Waals surface area contributed by atoms with E-state index in [1.54, 1.807) is 0 Å². The van der Waals surface area contributed by atoms with Crippen molar-refractivity contribution in [3.05, 3.63) is 34.3 Å². The molecule has 1 nitrogen and oxygen atoms in total. The summed E-state index contributed by atoms with van der Waals surface area (Å²) in [5.74, 6) is 0.682. The molecular weight excluding hydrogens is 274 g/mol. The Morgan fingerprint density at radius 3 is 2.29 bits per heavy atom. The van der Waals surface area contributed by atoms with E-state index in [1.807, 2.05) is 0 Å². The van der Waals surface area contributed by atoms with Crippen molar-refractivity contribution >= 4 is 15.9 Å². The lowest BCUT2D eigenvalue weighted by atomic mass is 9.81. The predicted molar refractivity (Wildman–Crippen MR) is 79.2 cm³/mol. The Morgan fingerprint density at radius 2 is 1.76 bits per heavy atom. The highest BCUT2D eigenvalue weighted by molar-refractivity contribution is 9.10. The molecule has 0 heterocycles. The summed E-state index contributed by atoms with van der Waals surface area (Å²) >= 11 is 3.61. The molecular formula is C15H24BrN. The zero-order valence-electron chi connectivity index (χ0n) is 11.5. The third kappa shape index (κ3) is 4.11. The molecule has 1 unspecified atom stereocenters. The van der Waals surface area contributed by atoms with Gasteiger partial charge in [-0.2, -0.15) is 0 Å². The average Bonchev–Trinajstić information content (AvgIpc) is 2.26. The Morgan fingerprint density at radius 1 is 1.18 bits per heavy atom. The first-order valence-corrected chi connectivity index (χ1v) is 7.11. The minimum atomic E-state index is 0.329. The van der Waals surface area contributed by atoms with Crippen LogP contribution in [0.25, 0.3) is 0 Å². The van der Waals surface area contributed by atoms with Crippen LogP contribution in [0, 0.1) is 11.3 Å². The molecule has 0 aliphatic carbocycles. The van der Waals surface area contributed by atoms with E-state index in [9.17, 15) is 0 Å². The first-order chi connectivity index (χ1) is 7.84. The van der Waals surface area contributed by atoms with Crippen LogP contribution in [0.5, 0.6) is 0 Å². The molecule has 0 saturated heterocycles. The van der Waals surface area contributed by atoms with Gasteiger partial charge in [0.1, 0.15) is 0 Å². The van der Waals surface area contributed by atoms with Gasteiger partial charge in [0.2, 0.25) is 0 Å². The maximum atomic E-state index is 3.63. The van der Waals surface area contributed by atoms with Gasteiger partial charge in [-0.1, -0.05) is 61.8 Å². The van der Waals surface area contributed by atoms with E-state index in [2.05, 4.69) is 80.1 Å². The van der Waals surface area contributed by atoms with Crippen molar-refractivity contribution < 1.29 is 0 Å². The number of benzene rings is 1. The van der Waals surface area contributed by atoms with Crippen LogP contribution in [0.2, 0.25) is 0 Å². The lowest BCUT2D eigenvalue weighted by molar-refractivity contribution is 0.230. The maximum Gasteiger partial charge on any atom is 0.0303 e. The Bertz CT molecular complexity index is 358. The largest absolute Gasteiger partial charge is 0.310 e. The molecule has 96 valence electrons. The second-order valence-corrected chi connectivity index (χ2v) is 6.62. The molecule has 0 spiro atoms. The summed E-state index contributed by atoms with van der Waals surface area (Å²) in [4.78, 5) is 0. The number of nitrogens with one attached hydrogen (secondary N) is 1. The van der Waals surface area contributed by atoms with Crippen molar-refractivity contribution in [1.82, 2.24) is 5.32 Å². The monoisotopic (exact) mass is 297 g/mol. The molecule has 17 heavy (non-hydrogen) atoms. The number of hydrogen-bond donors (Lipinski definition) is 1. The Labute approximate surface area is 114 Å². The van der Waals surface area contributed by atoms with Gasteiger partial charge in [-0.15, -0.1) is 0 Å². The molecule has 1 rings (SSSR count). The second kappa shape index (κ2) is 6.01. The molecule has 0 fully saturated rings. The number of halogens is 1. The van der Waals surface area contributed by atoms with E-state index in [4.69, 9.17) is 0 Å². The molecule has 2 heteroatoms. The summed E-state index contributed by atoms with van der Waals surface area (Å²) in [6.07, 6.45) is 0. The molecule has 0 saturated carbocycles. The van der Waals surface area contributed by atoms with E-state index in [0.717, 1.165) is 6.54 Å². The van der Waals surface area contributed by atoms with Gasteiger partial charge >= 0.3 is 0 Å². The highest BCUT2D eigenvalue weighted by Gasteiger charge is 2.23.